The van der Waals surface area contributed by atoms with Gasteiger partial charge in [-0.1, -0.05) is 19.1 Å². The first-order valence-electron chi connectivity index (χ1n) is 11.0. The molecule has 0 unspecified atom stereocenters. The maximum atomic E-state index is 12.7. The summed E-state index contributed by atoms with van der Waals surface area (Å²) in [7, 11) is 2.14. The summed E-state index contributed by atoms with van der Waals surface area (Å²) >= 11 is 3.86. The molecule has 1 saturated heterocycles. The number of fused-ring (bicyclic) bond motifs is 2. The molecule has 2 amide bonds. The first-order chi connectivity index (χ1) is 14.0. The molecule has 2 aliphatic rings. The highest BCUT2D eigenvalue weighted by molar-refractivity contribution is 9.10. The van der Waals surface area contributed by atoms with Crippen LogP contribution in [0.15, 0.2) is 22.8 Å². The third kappa shape index (κ3) is 3.48. The second kappa shape index (κ2) is 8.31. The summed E-state index contributed by atoms with van der Waals surface area (Å²) in [6.45, 7) is 9.85. The summed E-state index contributed by atoms with van der Waals surface area (Å²) in [5, 5.41) is 4.77. The fourth-order valence-electron chi connectivity index (χ4n) is 5.52. The topological polar surface area (TPSA) is 40.5 Å². The molecule has 1 aliphatic heterocycles. The van der Waals surface area contributed by atoms with Crippen LogP contribution in [-0.2, 0) is 13.5 Å². The van der Waals surface area contributed by atoms with E-state index in [-0.39, 0.29) is 12.1 Å². The summed E-state index contributed by atoms with van der Waals surface area (Å²) < 4.78 is 3.49. The summed E-state index contributed by atoms with van der Waals surface area (Å²) in [4.78, 5) is 17.2. The largest absolute Gasteiger partial charge is 0.338 e. The Balaban J connectivity index is 1.69. The van der Waals surface area contributed by atoms with E-state index in [4.69, 9.17) is 0 Å². The van der Waals surface area contributed by atoms with E-state index in [0.29, 0.717) is 12.0 Å². The van der Waals surface area contributed by atoms with Gasteiger partial charge in [-0.3, -0.25) is 4.90 Å². The third-order valence-electron chi connectivity index (χ3n) is 6.91. The van der Waals surface area contributed by atoms with Crippen LogP contribution in [0.2, 0.25) is 0 Å². The first-order valence-corrected chi connectivity index (χ1v) is 11.8. The molecule has 0 saturated carbocycles. The number of hydrogen-bond acceptors (Lipinski definition) is 2. The highest BCUT2D eigenvalue weighted by Crippen LogP contribution is 2.46. The highest BCUT2D eigenvalue weighted by Gasteiger charge is 2.42. The molecule has 2 heterocycles. The number of urea groups is 1. The maximum Gasteiger partial charge on any atom is 0.317 e. The zero-order valence-corrected chi connectivity index (χ0v) is 19.6. The number of likely N-dealkylation sites (tertiary alicyclic amines) is 1. The number of aromatic nitrogens is 1. The average molecular weight is 461 g/mol. The van der Waals surface area contributed by atoms with Gasteiger partial charge in [0.05, 0.1) is 4.60 Å². The van der Waals surface area contributed by atoms with E-state index in [1.54, 1.807) is 0 Å². The highest BCUT2D eigenvalue weighted by atomic mass is 79.9. The smallest absolute Gasteiger partial charge is 0.317 e. The zero-order valence-electron chi connectivity index (χ0n) is 18.0. The van der Waals surface area contributed by atoms with Crippen molar-refractivity contribution in [3.8, 4) is 0 Å². The number of carbonyl (C=O) groups is 1. The standard InChI is InChI=1S/C23H33BrN4O/c1-5-11-28-14-15(25-23(29)27(6-2)7-3)12-17-16-9-8-10-19-21(16)18(13-20(17)28)22(24)26(19)4/h8-10,15,17,20H,5-7,11-14H2,1-4H3,(H,25,29)/t15-,17+,20+/m0/s1. The molecule has 4 rings (SSSR count). The number of carbonyl (C=O) groups excluding carboxylic acids is 1. The van der Waals surface area contributed by atoms with Crippen LogP contribution < -0.4 is 5.32 Å². The molecule has 2 aromatic rings. The molecule has 158 valence electrons. The number of amides is 2. The number of benzene rings is 1. The summed E-state index contributed by atoms with van der Waals surface area (Å²) in [5.74, 6) is 0.461. The van der Waals surface area contributed by atoms with Gasteiger partial charge < -0.3 is 14.8 Å². The van der Waals surface area contributed by atoms with Crippen molar-refractivity contribution in [2.75, 3.05) is 26.2 Å². The Bertz CT molecular complexity index is 904. The van der Waals surface area contributed by atoms with Crippen LogP contribution in [0.25, 0.3) is 10.9 Å². The van der Waals surface area contributed by atoms with Crippen LogP contribution in [0.5, 0.6) is 0 Å². The monoisotopic (exact) mass is 460 g/mol. The van der Waals surface area contributed by atoms with Gasteiger partial charge in [0.25, 0.3) is 0 Å². The van der Waals surface area contributed by atoms with Gasteiger partial charge in [-0.2, -0.15) is 0 Å². The summed E-state index contributed by atoms with van der Waals surface area (Å²) in [6.07, 6.45) is 3.23. The van der Waals surface area contributed by atoms with Gasteiger partial charge in [0.15, 0.2) is 0 Å². The van der Waals surface area contributed by atoms with E-state index >= 15 is 0 Å². The van der Waals surface area contributed by atoms with Gasteiger partial charge in [-0.15, -0.1) is 0 Å². The SMILES string of the molecule is CCCN1C[C@@H](NC(=O)N(CC)CC)C[C@@H]2c3cccc4c3c(c(Br)n4C)C[C@H]21. The van der Waals surface area contributed by atoms with Crippen LogP contribution in [-0.4, -0.2) is 58.7 Å². The van der Waals surface area contributed by atoms with Crippen molar-refractivity contribution < 1.29 is 4.79 Å². The summed E-state index contributed by atoms with van der Waals surface area (Å²) in [5.41, 5.74) is 4.21. The molecule has 1 aliphatic carbocycles. The molecule has 1 N–H and O–H groups in total. The van der Waals surface area contributed by atoms with Crippen LogP contribution in [0.1, 0.15) is 50.7 Å². The van der Waals surface area contributed by atoms with E-state index in [0.717, 1.165) is 45.4 Å². The van der Waals surface area contributed by atoms with Gasteiger partial charge in [-0.25, -0.2) is 4.79 Å². The fourth-order valence-corrected chi connectivity index (χ4v) is 6.08. The van der Waals surface area contributed by atoms with Gasteiger partial charge in [-0.05, 0) is 72.8 Å². The molecular weight excluding hydrogens is 428 g/mol. The number of hydrogen-bond donors (Lipinski definition) is 1. The van der Waals surface area contributed by atoms with Gasteiger partial charge >= 0.3 is 6.03 Å². The third-order valence-corrected chi connectivity index (χ3v) is 7.92. The van der Waals surface area contributed by atoms with Crippen molar-refractivity contribution >= 4 is 32.9 Å². The van der Waals surface area contributed by atoms with Gasteiger partial charge in [0, 0.05) is 55.6 Å². The maximum absolute atomic E-state index is 12.7. The number of halogens is 1. The second-order valence-corrected chi connectivity index (χ2v) is 9.25. The number of nitrogens with one attached hydrogen (secondary N) is 1. The molecular formula is C23H33BrN4O. The molecule has 6 heteroatoms. The van der Waals surface area contributed by atoms with E-state index < -0.39 is 0 Å². The molecule has 0 spiro atoms. The fraction of sp³-hybridized carbons (Fsp3) is 0.609. The molecule has 29 heavy (non-hydrogen) atoms. The Morgan fingerprint density at radius 3 is 2.72 bits per heavy atom. The van der Waals surface area contributed by atoms with Crippen molar-refractivity contribution in [1.29, 1.82) is 0 Å². The molecule has 3 atom stereocenters. The lowest BCUT2D eigenvalue weighted by Crippen LogP contribution is -2.57. The molecule has 1 aromatic carbocycles. The Morgan fingerprint density at radius 1 is 1.28 bits per heavy atom. The number of rotatable bonds is 5. The van der Waals surface area contributed by atoms with Crippen molar-refractivity contribution in [3.63, 3.8) is 0 Å². The second-order valence-electron chi connectivity index (χ2n) is 8.50. The molecule has 0 bridgehead atoms. The Kier molecular flexibility index (Phi) is 5.94. The number of aryl methyl sites for hydroxylation is 1. The Morgan fingerprint density at radius 2 is 2.03 bits per heavy atom. The van der Waals surface area contributed by atoms with Gasteiger partial charge in [0.2, 0.25) is 0 Å². The van der Waals surface area contributed by atoms with Crippen LogP contribution in [0, 0.1) is 0 Å². The van der Waals surface area contributed by atoms with Crippen molar-refractivity contribution in [3.05, 3.63) is 33.9 Å². The van der Waals surface area contributed by atoms with Crippen molar-refractivity contribution in [2.45, 2.75) is 58.0 Å². The molecule has 1 aromatic heterocycles. The van der Waals surface area contributed by atoms with E-state index in [9.17, 15) is 4.79 Å². The predicted octanol–water partition coefficient (Wildman–Crippen LogP) is 4.48. The predicted molar refractivity (Wildman–Crippen MR) is 123 cm³/mol. The van der Waals surface area contributed by atoms with E-state index in [1.807, 2.05) is 18.7 Å². The molecule has 5 nitrogen and oxygen atoms in total. The molecule has 1 fully saturated rings. The minimum absolute atomic E-state index is 0.0760. The Labute approximate surface area is 182 Å². The van der Waals surface area contributed by atoms with Crippen LogP contribution >= 0.6 is 15.9 Å². The number of nitrogens with zero attached hydrogens (tertiary/aromatic N) is 3. The molecule has 0 radical (unpaired) electrons. The van der Waals surface area contributed by atoms with Crippen LogP contribution in [0.3, 0.4) is 0 Å². The van der Waals surface area contributed by atoms with Crippen LogP contribution in [0.4, 0.5) is 4.79 Å². The average Bonchev–Trinajstić information content (AvgIpc) is 2.96. The first kappa shape index (κ1) is 20.7. The quantitative estimate of drug-likeness (QED) is 0.713. The zero-order chi connectivity index (χ0) is 20.7. The lowest BCUT2D eigenvalue weighted by Gasteiger charge is -2.47. The van der Waals surface area contributed by atoms with Crippen molar-refractivity contribution in [2.24, 2.45) is 7.05 Å². The minimum atomic E-state index is 0.0760. The minimum Gasteiger partial charge on any atom is -0.338 e. The number of piperidine rings is 1. The van der Waals surface area contributed by atoms with Crippen molar-refractivity contribution in [1.82, 2.24) is 19.7 Å². The van der Waals surface area contributed by atoms with E-state index in [2.05, 4.69) is 62.9 Å². The summed E-state index contributed by atoms with van der Waals surface area (Å²) in [6, 6.07) is 7.51. The normalized spacial score (nSPS) is 23.8. The Hall–Kier alpha value is -1.53. The lowest BCUT2D eigenvalue weighted by atomic mass is 9.74. The lowest BCUT2D eigenvalue weighted by molar-refractivity contribution is 0.0978. The van der Waals surface area contributed by atoms with E-state index in [1.165, 1.54) is 26.6 Å². The van der Waals surface area contributed by atoms with Gasteiger partial charge in [0.1, 0.15) is 0 Å².